The standard InChI is InChI=1S/C21H30FN3O2/c1-2-27-21(26)25-15-13-24(14-16-25)20-6-4-12-23(17-20)11-3-5-18-7-9-19(22)10-8-18/h3,5,7-10,20H,2,4,6,11-17H2,1H3/b5-3+/t20-/m0/s1. The minimum Gasteiger partial charge on any atom is -0.450 e. The summed E-state index contributed by atoms with van der Waals surface area (Å²) in [6.07, 6.45) is 6.45. The van der Waals surface area contributed by atoms with Crippen LogP contribution in [0.3, 0.4) is 0 Å². The third kappa shape index (κ3) is 5.78. The fourth-order valence-electron chi connectivity index (χ4n) is 3.89. The predicted octanol–water partition coefficient (Wildman–Crippen LogP) is 3.08. The third-order valence-corrected chi connectivity index (χ3v) is 5.38. The number of hydrogen-bond donors (Lipinski definition) is 0. The van der Waals surface area contributed by atoms with E-state index < -0.39 is 0 Å². The second-order valence-corrected chi connectivity index (χ2v) is 7.23. The molecule has 1 atom stereocenters. The van der Waals surface area contributed by atoms with Crippen LogP contribution in [-0.4, -0.2) is 79.3 Å². The summed E-state index contributed by atoms with van der Waals surface area (Å²) in [6.45, 7) is 8.71. The minimum absolute atomic E-state index is 0.187. The number of piperazine rings is 1. The molecule has 0 aliphatic carbocycles. The van der Waals surface area contributed by atoms with Gasteiger partial charge in [0.2, 0.25) is 0 Å². The Morgan fingerprint density at radius 1 is 1.19 bits per heavy atom. The monoisotopic (exact) mass is 375 g/mol. The molecule has 0 spiro atoms. The van der Waals surface area contributed by atoms with Gasteiger partial charge in [-0.2, -0.15) is 0 Å². The lowest BCUT2D eigenvalue weighted by molar-refractivity contribution is 0.0450. The Balaban J connectivity index is 1.44. The van der Waals surface area contributed by atoms with Crippen molar-refractivity contribution in [1.29, 1.82) is 0 Å². The molecule has 2 heterocycles. The first-order chi connectivity index (χ1) is 13.2. The molecule has 1 aromatic rings. The van der Waals surface area contributed by atoms with E-state index >= 15 is 0 Å². The van der Waals surface area contributed by atoms with E-state index in [0.717, 1.165) is 51.4 Å². The molecule has 2 aliphatic heterocycles. The number of likely N-dealkylation sites (tertiary alicyclic amines) is 1. The van der Waals surface area contributed by atoms with E-state index in [-0.39, 0.29) is 11.9 Å². The average Bonchev–Trinajstić information content (AvgIpc) is 2.70. The summed E-state index contributed by atoms with van der Waals surface area (Å²) in [5.74, 6) is -0.200. The van der Waals surface area contributed by atoms with E-state index in [0.29, 0.717) is 12.6 Å². The summed E-state index contributed by atoms with van der Waals surface area (Å²) in [5.41, 5.74) is 1.03. The van der Waals surface area contributed by atoms with Gasteiger partial charge in [-0.3, -0.25) is 9.80 Å². The fourth-order valence-corrected chi connectivity index (χ4v) is 3.89. The number of hydrogen-bond acceptors (Lipinski definition) is 4. The number of nitrogens with zero attached hydrogens (tertiary/aromatic N) is 3. The molecule has 148 valence electrons. The smallest absolute Gasteiger partial charge is 0.409 e. The van der Waals surface area contributed by atoms with Gasteiger partial charge in [0, 0.05) is 45.3 Å². The summed E-state index contributed by atoms with van der Waals surface area (Å²) in [5, 5.41) is 0. The van der Waals surface area contributed by atoms with Crippen LogP contribution in [0.2, 0.25) is 0 Å². The van der Waals surface area contributed by atoms with Gasteiger partial charge >= 0.3 is 6.09 Å². The number of ether oxygens (including phenoxy) is 1. The highest BCUT2D eigenvalue weighted by Gasteiger charge is 2.29. The van der Waals surface area contributed by atoms with E-state index in [4.69, 9.17) is 4.74 Å². The zero-order valence-corrected chi connectivity index (χ0v) is 16.1. The molecule has 2 aliphatic rings. The molecule has 0 unspecified atom stereocenters. The number of carbonyl (C=O) groups is 1. The maximum absolute atomic E-state index is 13.0. The highest BCUT2D eigenvalue weighted by atomic mass is 19.1. The van der Waals surface area contributed by atoms with Crippen LogP contribution in [0.1, 0.15) is 25.3 Å². The van der Waals surface area contributed by atoms with Gasteiger partial charge in [-0.15, -0.1) is 0 Å². The summed E-state index contributed by atoms with van der Waals surface area (Å²) in [4.78, 5) is 18.6. The second-order valence-electron chi connectivity index (χ2n) is 7.23. The average molecular weight is 375 g/mol. The number of piperidine rings is 1. The summed E-state index contributed by atoms with van der Waals surface area (Å²) in [6, 6.07) is 7.14. The molecule has 2 saturated heterocycles. The molecular weight excluding hydrogens is 345 g/mol. The van der Waals surface area contributed by atoms with Crippen LogP contribution in [0.15, 0.2) is 30.3 Å². The first-order valence-electron chi connectivity index (χ1n) is 9.96. The minimum atomic E-state index is -0.200. The molecule has 3 rings (SSSR count). The zero-order valence-electron chi connectivity index (χ0n) is 16.1. The summed E-state index contributed by atoms with van der Waals surface area (Å²) in [7, 11) is 0. The van der Waals surface area contributed by atoms with E-state index in [1.54, 1.807) is 12.1 Å². The molecule has 27 heavy (non-hydrogen) atoms. The van der Waals surface area contributed by atoms with Gasteiger partial charge in [0.05, 0.1) is 6.61 Å². The molecule has 6 heteroatoms. The van der Waals surface area contributed by atoms with Crippen molar-refractivity contribution in [2.75, 3.05) is 52.4 Å². The van der Waals surface area contributed by atoms with Gasteiger partial charge in [0.1, 0.15) is 5.82 Å². The fraction of sp³-hybridized carbons (Fsp3) is 0.571. The van der Waals surface area contributed by atoms with Crippen LogP contribution < -0.4 is 0 Å². The summed E-state index contributed by atoms with van der Waals surface area (Å²) >= 11 is 0. The molecule has 0 aromatic heterocycles. The van der Waals surface area contributed by atoms with Crippen molar-refractivity contribution in [3.05, 3.63) is 41.7 Å². The molecule has 0 bridgehead atoms. The summed E-state index contributed by atoms with van der Waals surface area (Å²) < 4.78 is 18.1. The maximum Gasteiger partial charge on any atom is 0.409 e. The second kappa shape index (κ2) is 9.85. The van der Waals surface area contributed by atoms with Crippen LogP contribution in [0.5, 0.6) is 0 Å². The van der Waals surface area contributed by atoms with Crippen LogP contribution in [0.25, 0.3) is 6.08 Å². The van der Waals surface area contributed by atoms with Gasteiger partial charge in [0.25, 0.3) is 0 Å². The molecule has 0 saturated carbocycles. The number of rotatable bonds is 5. The lowest BCUT2D eigenvalue weighted by Crippen LogP contribution is -2.56. The molecule has 1 aromatic carbocycles. The van der Waals surface area contributed by atoms with Crippen molar-refractivity contribution < 1.29 is 13.9 Å². The van der Waals surface area contributed by atoms with Crippen LogP contribution >= 0.6 is 0 Å². The van der Waals surface area contributed by atoms with E-state index in [2.05, 4.69) is 22.0 Å². The Morgan fingerprint density at radius 2 is 1.93 bits per heavy atom. The Hall–Kier alpha value is -1.92. The third-order valence-electron chi connectivity index (χ3n) is 5.38. The Bertz CT molecular complexity index is 627. The predicted molar refractivity (Wildman–Crippen MR) is 105 cm³/mol. The van der Waals surface area contributed by atoms with Crippen molar-refractivity contribution >= 4 is 12.2 Å². The van der Waals surface area contributed by atoms with Gasteiger partial charge < -0.3 is 9.64 Å². The highest BCUT2D eigenvalue weighted by molar-refractivity contribution is 5.67. The molecule has 1 amide bonds. The highest BCUT2D eigenvalue weighted by Crippen LogP contribution is 2.18. The largest absolute Gasteiger partial charge is 0.450 e. The first kappa shape index (κ1) is 19.8. The van der Waals surface area contributed by atoms with Gasteiger partial charge in [-0.1, -0.05) is 24.3 Å². The topological polar surface area (TPSA) is 36.0 Å². The zero-order chi connectivity index (χ0) is 19.1. The molecule has 2 fully saturated rings. The lowest BCUT2D eigenvalue weighted by Gasteiger charge is -2.43. The van der Waals surface area contributed by atoms with E-state index in [9.17, 15) is 9.18 Å². The number of halogens is 1. The normalized spacial score (nSPS) is 22.3. The number of amides is 1. The van der Waals surface area contributed by atoms with E-state index in [1.165, 1.54) is 25.0 Å². The van der Waals surface area contributed by atoms with Crippen LogP contribution in [0, 0.1) is 5.82 Å². The molecule has 5 nitrogen and oxygen atoms in total. The van der Waals surface area contributed by atoms with Crippen LogP contribution in [0.4, 0.5) is 9.18 Å². The van der Waals surface area contributed by atoms with Crippen molar-refractivity contribution in [3.63, 3.8) is 0 Å². The number of carbonyl (C=O) groups excluding carboxylic acids is 1. The lowest BCUT2D eigenvalue weighted by atomic mass is 10.0. The van der Waals surface area contributed by atoms with Gasteiger partial charge in [-0.25, -0.2) is 9.18 Å². The Labute approximate surface area is 161 Å². The van der Waals surface area contributed by atoms with E-state index in [1.807, 2.05) is 11.8 Å². The first-order valence-corrected chi connectivity index (χ1v) is 9.96. The SMILES string of the molecule is CCOC(=O)N1CCN([C@H]2CCCN(C/C=C/c3ccc(F)cc3)C2)CC1. The van der Waals surface area contributed by atoms with Gasteiger partial charge in [0.15, 0.2) is 0 Å². The van der Waals surface area contributed by atoms with Crippen molar-refractivity contribution in [3.8, 4) is 0 Å². The molecule has 0 radical (unpaired) electrons. The molecule has 0 N–H and O–H groups in total. The van der Waals surface area contributed by atoms with Gasteiger partial charge in [-0.05, 0) is 44.0 Å². The van der Waals surface area contributed by atoms with Crippen molar-refractivity contribution in [2.45, 2.75) is 25.8 Å². The van der Waals surface area contributed by atoms with Crippen molar-refractivity contribution in [1.82, 2.24) is 14.7 Å². The quantitative estimate of drug-likeness (QED) is 0.792. The molecular formula is C21H30FN3O2. The maximum atomic E-state index is 13.0. The number of benzene rings is 1. The van der Waals surface area contributed by atoms with Crippen molar-refractivity contribution in [2.24, 2.45) is 0 Å². The Kier molecular flexibility index (Phi) is 7.24. The van der Waals surface area contributed by atoms with Crippen LogP contribution in [-0.2, 0) is 4.74 Å². The Morgan fingerprint density at radius 3 is 2.63 bits per heavy atom.